The Kier molecular flexibility index (Phi) is 7.08. The summed E-state index contributed by atoms with van der Waals surface area (Å²) in [4.78, 5) is 0. The van der Waals surface area contributed by atoms with Crippen molar-refractivity contribution in [3.8, 4) is 0 Å². The van der Waals surface area contributed by atoms with Crippen molar-refractivity contribution in [1.29, 1.82) is 0 Å². The molecule has 6 nitrogen and oxygen atoms in total. The molecule has 0 spiro atoms. The van der Waals surface area contributed by atoms with Gasteiger partial charge in [-0.1, -0.05) is 19.3 Å². The summed E-state index contributed by atoms with van der Waals surface area (Å²) < 4.78 is 34.4. The van der Waals surface area contributed by atoms with Gasteiger partial charge in [-0.15, -0.1) is 0 Å². The third kappa shape index (κ3) is 4.41. The summed E-state index contributed by atoms with van der Waals surface area (Å²) >= 11 is 0. The molecule has 0 radical (unpaired) electrons. The summed E-state index contributed by atoms with van der Waals surface area (Å²) in [5, 5.41) is 9.32. The van der Waals surface area contributed by atoms with Crippen LogP contribution >= 0.6 is 0 Å². The number of aliphatic hydroxyl groups is 1. The Labute approximate surface area is 134 Å². The fourth-order valence-electron chi connectivity index (χ4n) is 3.71. The van der Waals surface area contributed by atoms with Crippen LogP contribution in [0.2, 0.25) is 0 Å². The molecule has 2 rings (SSSR count). The van der Waals surface area contributed by atoms with E-state index in [1.54, 1.807) is 15.7 Å². The highest BCUT2D eigenvalue weighted by molar-refractivity contribution is 7.86. The lowest BCUT2D eigenvalue weighted by Crippen LogP contribution is -2.53. The van der Waals surface area contributed by atoms with Gasteiger partial charge in [-0.05, 0) is 31.6 Å². The van der Waals surface area contributed by atoms with Crippen molar-refractivity contribution in [2.24, 2.45) is 5.92 Å². The van der Waals surface area contributed by atoms with Crippen molar-refractivity contribution in [3.63, 3.8) is 0 Å². The van der Waals surface area contributed by atoms with Crippen LogP contribution in [0.3, 0.4) is 0 Å². The number of nitrogens with zero attached hydrogens (tertiary/aromatic N) is 2. The largest absolute Gasteiger partial charge is 0.395 e. The van der Waals surface area contributed by atoms with Crippen LogP contribution < -0.4 is 0 Å². The summed E-state index contributed by atoms with van der Waals surface area (Å²) in [5.74, 6) is 0.274. The Hall–Kier alpha value is -0.210. The van der Waals surface area contributed by atoms with Gasteiger partial charge in [0.25, 0.3) is 10.2 Å². The monoisotopic (exact) mass is 334 g/mol. The Balaban J connectivity index is 2.09. The van der Waals surface area contributed by atoms with Crippen LogP contribution in [0.1, 0.15) is 44.9 Å². The highest BCUT2D eigenvalue weighted by Crippen LogP contribution is 2.28. The first kappa shape index (κ1) is 18.1. The van der Waals surface area contributed by atoms with Crippen molar-refractivity contribution < 1.29 is 18.3 Å². The van der Waals surface area contributed by atoms with Gasteiger partial charge in [0.05, 0.1) is 13.2 Å². The van der Waals surface area contributed by atoms with Gasteiger partial charge < -0.3 is 9.84 Å². The fraction of sp³-hybridized carbons (Fsp3) is 1.00. The van der Waals surface area contributed by atoms with Gasteiger partial charge >= 0.3 is 0 Å². The molecule has 1 atom stereocenters. The zero-order chi connectivity index (χ0) is 16.0. The number of aliphatic hydroxyl groups excluding tert-OH is 1. The first-order valence-corrected chi connectivity index (χ1v) is 9.86. The molecule has 1 aliphatic carbocycles. The van der Waals surface area contributed by atoms with E-state index in [2.05, 4.69) is 0 Å². The number of ether oxygens (including phenoxy) is 1. The standard InChI is InChI=1S/C15H30N2O4S/c1-21-13-14-6-5-9-16(12-14)22(19,20)17(10-11-18)15-7-3-2-4-8-15/h14-15,18H,2-13H2,1H3. The highest BCUT2D eigenvalue weighted by Gasteiger charge is 2.37. The molecule has 1 unspecified atom stereocenters. The lowest BCUT2D eigenvalue weighted by Gasteiger charge is -2.39. The SMILES string of the molecule is COCC1CCCN(S(=O)(=O)N(CCO)C2CCCCC2)C1. The summed E-state index contributed by atoms with van der Waals surface area (Å²) in [6.45, 7) is 1.81. The summed E-state index contributed by atoms with van der Waals surface area (Å²) in [7, 11) is -1.83. The topological polar surface area (TPSA) is 70.1 Å². The first-order chi connectivity index (χ1) is 10.6. The summed E-state index contributed by atoms with van der Waals surface area (Å²) in [6, 6.07) is 0.0497. The maximum absolute atomic E-state index is 13.0. The number of hydrogen-bond acceptors (Lipinski definition) is 4. The van der Waals surface area contributed by atoms with Crippen LogP contribution in [-0.2, 0) is 14.9 Å². The molecule has 130 valence electrons. The smallest absolute Gasteiger partial charge is 0.282 e. The van der Waals surface area contributed by atoms with E-state index in [-0.39, 0.29) is 25.1 Å². The molecule has 0 bridgehead atoms. The number of rotatable bonds is 7. The predicted octanol–water partition coefficient (Wildman–Crippen LogP) is 1.22. The van der Waals surface area contributed by atoms with E-state index < -0.39 is 10.2 Å². The van der Waals surface area contributed by atoms with Gasteiger partial charge in [-0.3, -0.25) is 0 Å². The van der Waals surface area contributed by atoms with Crippen molar-refractivity contribution in [1.82, 2.24) is 8.61 Å². The molecule has 0 amide bonds. The molecule has 1 N–H and O–H groups in total. The molecule has 0 aromatic carbocycles. The number of methoxy groups -OCH3 is 1. The van der Waals surface area contributed by atoms with Crippen LogP contribution in [0.15, 0.2) is 0 Å². The fourth-order valence-corrected chi connectivity index (χ4v) is 5.67. The van der Waals surface area contributed by atoms with E-state index >= 15 is 0 Å². The number of hydrogen-bond donors (Lipinski definition) is 1. The molecule has 2 fully saturated rings. The van der Waals surface area contributed by atoms with Crippen molar-refractivity contribution in [3.05, 3.63) is 0 Å². The zero-order valence-electron chi connectivity index (χ0n) is 13.6. The van der Waals surface area contributed by atoms with E-state index in [0.717, 1.165) is 38.5 Å². The molecule has 0 aromatic heterocycles. The molecule has 1 saturated carbocycles. The van der Waals surface area contributed by atoms with Crippen LogP contribution in [-0.4, -0.2) is 68.1 Å². The van der Waals surface area contributed by atoms with Gasteiger partial charge in [-0.25, -0.2) is 0 Å². The second-order valence-electron chi connectivity index (χ2n) is 6.46. The molecule has 0 aromatic rings. The lowest BCUT2D eigenvalue weighted by molar-refractivity contribution is 0.113. The van der Waals surface area contributed by atoms with Crippen LogP contribution in [0, 0.1) is 5.92 Å². The van der Waals surface area contributed by atoms with Crippen molar-refractivity contribution in [2.45, 2.75) is 51.0 Å². The third-order valence-electron chi connectivity index (χ3n) is 4.81. The molecule has 1 heterocycles. The lowest BCUT2D eigenvalue weighted by atomic mass is 9.95. The molecular weight excluding hydrogens is 304 g/mol. The molecule has 2 aliphatic rings. The number of piperidine rings is 1. The Morgan fingerprint density at radius 1 is 1.18 bits per heavy atom. The van der Waals surface area contributed by atoms with Gasteiger partial charge in [0.1, 0.15) is 0 Å². The van der Waals surface area contributed by atoms with Gasteiger partial charge in [0.2, 0.25) is 0 Å². The second-order valence-corrected chi connectivity index (χ2v) is 8.34. The molecular formula is C15H30N2O4S. The van der Waals surface area contributed by atoms with Gasteiger partial charge in [0, 0.05) is 32.8 Å². The van der Waals surface area contributed by atoms with Crippen LogP contribution in [0.5, 0.6) is 0 Å². The Bertz CT molecular complexity index is 421. The maximum atomic E-state index is 13.0. The predicted molar refractivity (Wildman–Crippen MR) is 85.8 cm³/mol. The highest BCUT2D eigenvalue weighted by atomic mass is 32.2. The Morgan fingerprint density at radius 2 is 1.91 bits per heavy atom. The summed E-state index contributed by atoms with van der Waals surface area (Å²) in [6.07, 6.45) is 7.06. The maximum Gasteiger partial charge on any atom is 0.282 e. The average molecular weight is 334 g/mol. The minimum Gasteiger partial charge on any atom is -0.395 e. The van der Waals surface area contributed by atoms with Crippen molar-refractivity contribution in [2.75, 3.05) is 40.0 Å². The van der Waals surface area contributed by atoms with Gasteiger partial charge in [-0.2, -0.15) is 17.0 Å². The normalized spacial score (nSPS) is 25.7. The quantitative estimate of drug-likeness (QED) is 0.760. The summed E-state index contributed by atoms with van der Waals surface area (Å²) in [5.41, 5.74) is 0. The van der Waals surface area contributed by atoms with E-state index in [9.17, 15) is 13.5 Å². The molecule has 7 heteroatoms. The average Bonchev–Trinajstić information content (AvgIpc) is 2.54. The Morgan fingerprint density at radius 3 is 2.55 bits per heavy atom. The minimum atomic E-state index is -3.49. The first-order valence-electron chi connectivity index (χ1n) is 8.46. The molecule has 1 aliphatic heterocycles. The third-order valence-corrected chi connectivity index (χ3v) is 6.87. The van der Waals surface area contributed by atoms with Gasteiger partial charge in [0.15, 0.2) is 0 Å². The van der Waals surface area contributed by atoms with Crippen LogP contribution in [0.25, 0.3) is 0 Å². The van der Waals surface area contributed by atoms with Crippen LogP contribution in [0.4, 0.5) is 0 Å². The molecule has 1 saturated heterocycles. The van der Waals surface area contributed by atoms with E-state index in [1.165, 1.54) is 6.42 Å². The van der Waals surface area contributed by atoms with E-state index in [1.807, 2.05) is 0 Å². The van der Waals surface area contributed by atoms with E-state index in [0.29, 0.717) is 19.7 Å². The van der Waals surface area contributed by atoms with E-state index in [4.69, 9.17) is 4.74 Å². The minimum absolute atomic E-state index is 0.0497. The molecule has 22 heavy (non-hydrogen) atoms. The van der Waals surface area contributed by atoms with Crippen molar-refractivity contribution >= 4 is 10.2 Å². The second kappa shape index (κ2) is 8.59. The zero-order valence-corrected chi connectivity index (χ0v) is 14.4.